The van der Waals surface area contributed by atoms with E-state index in [9.17, 15) is 4.39 Å². The second kappa shape index (κ2) is 9.86. The number of halogens is 1. The third-order valence-corrected chi connectivity index (χ3v) is 5.17. The minimum absolute atomic E-state index is 0.206. The van der Waals surface area contributed by atoms with Crippen LogP contribution in [0.15, 0.2) is 109 Å². The van der Waals surface area contributed by atoms with Crippen LogP contribution in [0.5, 0.6) is 5.75 Å². The molecule has 0 amide bonds. The zero-order valence-corrected chi connectivity index (χ0v) is 16.7. The summed E-state index contributed by atoms with van der Waals surface area (Å²) in [7, 11) is 0. The van der Waals surface area contributed by atoms with Crippen molar-refractivity contribution in [2.24, 2.45) is 0 Å². The summed E-state index contributed by atoms with van der Waals surface area (Å²) in [6, 6.07) is 35.9. The molecule has 30 heavy (non-hydrogen) atoms. The zero-order valence-electron chi connectivity index (χ0n) is 16.7. The fourth-order valence-electron chi connectivity index (χ4n) is 3.59. The molecule has 0 aliphatic rings. The fourth-order valence-corrected chi connectivity index (χ4v) is 3.59. The third kappa shape index (κ3) is 5.13. The molecule has 0 aliphatic heterocycles. The number of hydrogen-bond donors (Lipinski definition) is 1. The molecule has 2 nitrogen and oxygen atoms in total. The molecule has 0 aromatic heterocycles. The summed E-state index contributed by atoms with van der Waals surface area (Å²) in [5.74, 6) is 0.625. The summed E-state index contributed by atoms with van der Waals surface area (Å²) < 4.78 is 19.2. The highest BCUT2D eigenvalue weighted by molar-refractivity contribution is 5.33. The first kappa shape index (κ1) is 19.9. The second-order valence-electron chi connectivity index (χ2n) is 7.26. The van der Waals surface area contributed by atoms with Gasteiger partial charge in [0.15, 0.2) is 0 Å². The highest BCUT2D eigenvalue weighted by Gasteiger charge is 2.18. The first-order valence-corrected chi connectivity index (χ1v) is 10.2. The number of nitrogens with two attached hydrogens (primary N) is 1. The minimum Gasteiger partial charge on any atom is -0.488 e. The normalized spacial score (nSPS) is 10.9. The van der Waals surface area contributed by atoms with Crippen LogP contribution in [0.2, 0.25) is 0 Å². The first-order chi connectivity index (χ1) is 14.8. The van der Waals surface area contributed by atoms with Gasteiger partial charge >= 0.3 is 0 Å². The molecule has 4 aromatic carbocycles. The molecule has 0 bridgehead atoms. The van der Waals surface area contributed by atoms with E-state index in [1.807, 2.05) is 30.3 Å². The number of benzene rings is 4. The van der Waals surface area contributed by atoms with Crippen molar-refractivity contribution in [1.29, 1.82) is 0 Å². The zero-order chi connectivity index (χ0) is 20.6. The van der Waals surface area contributed by atoms with Crippen LogP contribution in [-0.4, -0.2) is 0 Å². The van der Waals surface area contributed by atoms with Gasteiger partial charge in [-0.1, -0.05) is 84.9 Å². The maximum absolute atomic E-state index is 13.1. The lowest BCUT2D eigenvalue weighted by Gasteiger charge is -2.18. The fraction of sp³-hybridized carbons (Fsp3) is 0.111. The molecule has 2 N–H and O–H groups in total. The van der Waals surface area contributed by atoms with Crippen LogP contribution in [0.25, 0.3) is 0 Å². The van der Waals surface area contributed by atoms with Gasteiger partial charge in [0.2, 0.25) is 0 Å². The Morgan fingerprint density at radius 2 is 1.23 bits per heavy atom. The van der Waals surface area contributed by atoms with E-state index in [1.165, 1.54) is 23.3 Å². The first-order valence-electron chi connectivity index (χ1n) is 10.2. The standard InChI is InChI=1S/C27H24FNO/c28-25-17-15-21(16-18-25)20-30-26-14-8-7-13-24(26)19-29-27(22-9-3-1-4-10-22)23-11-5-2-6-12-23/h1-18,27,29H,19-20H2/p+1. The van der Waals surface area contributed by atoms with E-state index < -0.39 is 0 Å². The van der Waals surface area contributed by atoms with Crippen LogP contribution in [0, 0.1) is 5.82 Å². The summed E-state index contributed by atoms with van der Waals surface area (Å²) >= 11 is 0. The average Bonchev–Trinajstić information content (AvgIpc) is 2.81. The Hall–Kier alpha value is -3.43. The molecule has 3 heteroatoms. The number of para-hydroxylation sites is 1. The van der Waals surface area contributed by atoms with Crippen molar-refractivity contribution in [3.05, 3.63) is 137 Å². The van der Waals surface area contributed by atoms with E-state index in [0.717, 1.165) is 23.4 Å². The van der Waals surface area contributed by atoms with Gasteiger partial charge in [-0.15, -0.1) is 0 Å². The Kier molecular flexibility index (Phi) is 6.53. The molecule has 0 spiro atoms. The van der Waals surface area contributed by atoms with Crippen LogP contribution in [-0.2, 0) is 13.2 Å². The SMILES string of the molecule is Fc1ccc(COc2ccccc2C[NH2+]C(c2ccccc2)c2ccccc2)cc1. The van der Waals surface area contributed by atoms with Crippen LogP contribution in [0.1, 0.15) is 28.3 Å². The van der Waals surface area contributed by atoms with Crippen molar-refractivity contribution in [3.8, 4) is 5.75 Å². The highest BCUT2D eigenvalue weighted by Crippen LogP contribution is 2.21. The summed E-state index contributed by atoms with van der Waals surface area (Å²) in [5, 5.41) is 2.34. The Labute approximate surface area is 177 Å². The maximum atomic E-state index is 13.1. The summed E-state index contributed by atoms with van der Waals surface area (Å²) in [5.41, 5.74) is 4.62. The third-order valence-electron chi connectivity index (χ3n) is 5.17. The molecule has 4 rings (SSSR count). The van der Waals surface area contributed by atoms with Gasteiger partial charge in [0.1, 0.15) is 30.8 Å². The van der Waals surface area contributed by atoms with E-state index in [1.54, 1.807) is 12.1 Å². The van der Waals surface area contributed by atoms with Gasteiger partial charge in [-0.2, -0.15) is 0 Å². The Morgan fingerprint density at radius 3 is 1.87 bits per heavy atom. The summed E-state index contributed by atoms with van der Waals surface area (Å²) in [4.78, 5) is 0. The van der Waals surface area contributed by atoms with Crippen LogP contribution in [0.3, 0.4) is 0 Å². The van der Waals surface area contributed by atoms with Gasteiger partial charge in [0.05, 0.1) is 0 Å². The lowest BCUT2D eigenvalue weighted by atomic mass is 9.98. The molecule has 150 valence electrons. The number of hydrogen-bond acceptors (Lipinski definition) is 1. The summed E-state index contributed by atoms with van der Waals surface area (Å²) in [6.45, 7) is 1.20. The Bertz CT molecular complexity index is 1010. The Morgan fingerprint density at radius 1 is 0.667 bits per heavy atom. The van der Waals surface area contributed by atoms with Gasteiger partial charge in [-0.05, 0) is 29.8 Å². The van der Waals surface area contributed by atoms with E-state index in [2.05, 4.69) is 59.9 Å². The van der Waals surface area contributed by atoms with E-state index in [4.69, 9.17) is 4.74 Å². The second-order valence-corrected chi connectivity index (χ2v) is 7.26. The molecule has 0 saturated carbocycles. The lowest BCUT2D eigenvalue weighted by Crippen LogP contribution is -2.83. The van der Waals surface area contributed by atoms with Crippen molar-refractivity contribution in [1.82, 2.24) is 0 Å². The van der Waals surface area contributed by atoms with Gasteiger partial charge in [0, 0.05) is 16.7 Å². The van der Waals surface area contributed by atoms with Crippen molar-refractivity contribution < 1.29 is 14.4 Å². The maximum Gasteiger partial charge on any atom is 0.138 e. The van der Waals surface area contributed by atoms with Crippen LogP contribution < -0.4 is 10.1 Å². The van der Waals surface area contributed by atoms with Gasteiger partial charge < -0.3 is 10.1 Å². The molecular formula is C27H25FNO+. The quantitative estimate of drug-likeness (QED) is 0.431. The molecule has 0 aliphatic carbocycles. The van der Waals surface area contributed by atoms with Crippen molar-refractivity contribution >= 4 is 0 Å². The monoisotopic (exact) mass is 398 g/mol. The smallest absolute Gasteiger partial charge is 0.138 e. The predicted octanol–water partition coefficient (Wildman–Crippen LogP) is 5.26. The lowest BCUT2D eigenvalue weighted by molar-refractivity contribution is -0.702. The molecule has 0 heterocycles. The number of ether oxygens (including phenoxy) is 1. The minimum atomic E-state index is -0.235. The van der Waals surface area contributed by atoms with Crippen LogP contribution in [0.4, 0.5) is 4.39 Å². The Balaban J connectivity index is 1.49. The van der Waals surface area contributed by atoms with Crippen LogP contribution >= 0.6 is 0 Å². The van der Waals surface area contributed by atoms with Crippen molar-refractivity contribution in [3.63, 3.8) is 0 Å². The number of rotatable bonds is 8. The van der Waals surface area contributed by atoms with Gasteiger partial charge in [0.25, 0.3) is 0 Å². The van der Waals surface area contributed by atoms with E-state index in [0.29, 0.717) is 6.61 Å². The molecular weight excluding hydrogens is 373 g/mol. The molecule has 4 aromatic rings. The van der Waals surface area contributed by atoms with Gasteiger partial charge in [-0.25, -0.2) is 4.39 Å². The topological polar surface area (TPSA) is 25.8 Å². The highest BCUT2D eigenvalue weighted by atomic mass is 19.1. The average molecular weight is 399 g/mol. The predicted molar refractivity (Wildman–Crippen MR) is 118 cm³/mol. The molecule has 0 unspecified atom stereocenters. The van der Waals surface area contributed by atoms with E-state index >= 15 is 0 Å². The molecule has 0 saturated heterocycles. The van der Waals surface area contributed by atoms with Crippen molar-refractivity contribution in [2.75, 3.05) is 0 Å². The van der Waals surface area contributed by atoms with Gasteiger partial charge in [-0.3, -0.25) is 0 Å². The molecule has 0 fully saturated rings. The largest absolute Gasteiger partial charge is 0.488 e. The van der Waals surface area contributed by atoms with Crippen molar-refractivity contribution in [2.45, 2.75) is 19.2 Å². The summed E-state index contributed by atoms with van der Waals surface area (Å²) in [6.07, 6.45) is 0. The molecule has 0 atom stereocenters. The molecule has 0 radical (unpaired) electrons. The number of quaternary nitrogens is 1. The van der Waals surface area contributed by atoms with E-state index in [-0.39, 0.29) is 11.9 Å².